The highest BCUT2D eigenvalue weighted by Crippen LogP contribution is 2.22. The third kappa shape index (κ3) is 5.50. The summed E-state index contributed by atoms with van der Waals surface area (Å²) in [6, 6.07) is 2.15. The Labute approximate surface area is 109 Å². The zero-order chi connectivity index (χ0) is 14.4. The Kier molecular flexibility index (Phi) is 6.33. The summed E-state index contributed by atoms with van der Waals surface area (Å²) in [6.45, 7) is 5.15. The molecule has 0 amide bonds. The summed E-state index contributed by atoms with van der Waals surface area (Å²) >= 11 is 0. The van der Waals surface area contributed by atoms with Crippen LogP contribution in [0.2, 0.25) is 0 Å². The van der Waals surface area contributed by atoms with Crippen molar-refractivity contribution in [3.63, 3.8) is 0 Å². The van der Waals surface area contributed by atoms with E-state index in [1.165, 1.54) is 0 Å². The molecule has 0 aliphatic heterocycles. The molecular weight excluding hydrogens is 254 g/mol. The van der Waals surface area contributed by atoms with Gasteiger partial charge in [0.25, 0.3) is 0 Å². The molecule has 0 rings (SSSR count). The van der Waals surface area contributed by atoms with E-state index in [9.17, 15) is 13.2 Å². The van der Waals surface area contributed by atoms with Gasteiger partial charge in [-0.15, -0.1) is 0 Å². The first kappa shape index (κ1) is 16.9. The Bertz CT molecular complexity index is 420. The first-order valence-corrected chi connectivity index (χ1v) is 7.73. The van der Waals surface area contributed by atoms with E-state index in [2.05, 4.69) is 6.07 Å². The SMILES string of the molecule is CCC(C(=O)O)S(=O)(=O)CCCCC(C)(C)C#N. The minimum Gasteiger partial charge on any atom is -0.480 e. The van der Waals surface area contributed by atoms with Crippen LogP contribution in [0, 0.1) is 16.7 Å². The van der Waals surface area contributed by atoms with Crippen LogP contribution in [0.25, 0.3) is 0 Å². The van der Waals surface area contributed by atoms with Crippen molar-refractivity contribution in [2.45, 2.75) is 51.7 Å². The van der Waals surface area contributed by atoms with Crippen LogP contribution >= 0.6 is 0 Å². The van der Waals surface area contributed by atoms with Gasteiger partial charge in [0.15, 0.2) is 15.1 Å². The molecule has 6 heteroatoms. The smallest absolute Gasteiger partial charge is 0.321 e. The number of rotatable bonds is 8. The molecule has 5 nitrogen and oxygen atoms in total. The first-order valence-electron chi connectivity index (χ1n) is 6.02. The second kappa shape index (κ2) is 6.74. The van der Waals surface area contributed by atoms with Crippen molar-refractivity contribution >= 4 is 15.8 Å². The highest BCUT2D eigenvalue weighted by atomic mass is 32.2. The van der Waals surface area contributed by atoms with E-state index in [0.29, 0.717) is 19.3 Å². The molecule has 0 aromatic rings. The van der Waals surface area contributed by atoms with Crippen molar-refractivity contribution in [3.8, 4) is 6.07 Å². The fraction of sp³-hybridized carbons (Fsp3) is 0.833. The quantitative estimate of drug-likeness (QED) is 0.683. The van der Waals surface area contributed by atoms with Gasteiger partial charge in [0.2, 0.25) is 0 Å². The van der Waals surface area contributed by atoms with Crippen LogP contribution in [0.4, 0.5) is 0 Å². The average molecular weight is 275 g/mol. The van der Waals surface area contributed by atoms with Gasteiger partial charge in [0, 0.05) is 0 Å². The maximum Gasteiger partial charge on any atom is 0.321 e. The molecule has 1 atom stereocenters. The molecule has 1 unspecified atom stereocenters. The molecule has 0 saturated heterocycles. The number of hydrogen-bond donors (Lipinski definition) is 1. The second-order valence-electron chi connectivity index (χ2n) is 5.05. The number of sulfone groups is 1. The van der Waals surface area contributed by atoms with Crippen LogP contribution in [0.3, 0.4) is 0 Å². The summed E-state index contributed by atoms with van der Waals surface area (Å²) in [7, 11) is -3.58. The molecule has 18 heavy (non-hydrogen) atoms. The van der Waals surface area contributed by atoms with Crippen molar-refractivity contribution < 1.29 is 18.3 Å². The first-order chi connectivity index (χ1) is 8.16. The van der Waals surface area contributed by atoms with Crippen molar-refractivity contribution in [3.05, 3.63) is 0 Å². The van der Waals surface area contributed by atoms with E-state index >= 15 is 0 Å². The van der Waals surface area contributed by atoms with Crippen LogP contribution in [0.1, 0.15) is 46.5 Å². The van der Waals surface area contributed by atoms with Crippen LogP contribution in [-0.4, -0.2) is 30.5 Å². The van der Waals surface area contributed by atoms with Gasteiger partial charge in [-0.1, -0.05) is 13.3 Å². The average Bonchev–Trinajstić information content (AvgIpc) is 2.24. The molecular formula is C12H21NO4S. The maximum absolute atomic E-state index is 11.8. The fourth-order valence-electron chi connectivity index (χ4n) is 1.65. The number of carbonyl (C=O) groups is 1. The van der Waals surface area contributed by atoms with Crippen molar-refractivity contribution in [2.75, 3.05) is 5.75 Å². The molecule has 0 fully saturated rings. The number of nitrogens with zero attached hydrogens (tertiary/aromatic N) is 1. The van der Waals surface area contributed by atoms with Crippen molar-refractivity contribution in [2.24, 2.45) is 5.41 Å². The van der Waals surface area contributed by atoms with Crippen LogP contribution in [0.5, 0.6) is 0 Å². The number of carboxylic acid groups (broad SMARTS) is 1. The number of nitriles is 1. The Morgan fingerprint density at radius 1 is 1.39 bits per heavy atom. The largest absolute Gasteiger partial charge is 0.480 e. The molecule has 0 heterocycles. The van der Waals surface area contributed by atoms with Gasteiger partial charge in [0.05, 0.1) is 17.2 Å². The Morgan fingerprint density at radius 2 is 1.94 bits per heavy atom. The Morgan fingerprint density at radius 3 is 2.33 bits per heavy atom. The van der Waals surface area contributed by atoms with E-state index in [4.69, 9.17) is 10.4 Å². The molecule has 1 N–H and O–H groups in total. The normalized spacial score (nSPS) is 13.9. The molecule has 0 saturated carbocycles. The number of hydrogen-bond acceptors (Lipinski definition) is 4. The number of carboxylic acids is 1. The predicted molar refractivity (Wildman–Crippen MR) is 68.7 cm³/mol. The minimum atomic E-state index is -3.58. The zero-order valence-electron chi connectivity index (χ0n) is 11.1. The molecule has 0 radical (unpaired) electrons. The summed E-state index contributed by atoms with van der Waals surface area (Å²) in [4.78, 5) is 10.8. The summed E-state index contributed by atoms with van der Waals surface area (Å²) in [5.74, 6) is -1.41. The zero-order valence-corrected chi connectivity index (χ0v) is 12.0. The maximum atomic E-state index is 11.8. The third-order valence-corrected chi connectivity index (χ3v) is 5.12. The molecule has 0 aliphatic rings. The van der Waals surface area contributed by atoms with Crippen molar-refractivity contribution in [1.29, 1.82) is 5.26 Å². The lowest BCUT2D eigenvalue weighted by molar-refractivity contribution is -0.136. The van der Waals surface area contributed by atoms with Gasteiger partial charge in [0.1, 0.15) is 0 Å². The molecule has 0 aliphatic carbocycles. The lowest BCUT2D eigenvalue weighted by atomic mass is 9.89. The van der Waals surface area contributed by atoms with Crippen LogP contribution in [-0.2, 0) is 14.6 Å². The topological polar surface area (TPSA) is 95.2 Å². The van der Waals surface area contributed by atoms with Gasteiger partial charge in [-0.2, -0.15) is 5.26 Å². The van der Waals surface area contributed by atoms with Gasteiger partial charge in [-0.3, -0.25) is 4.79 Å². The Hall–Kier alpha value is -1.09. The standard InChI is InChI=1S/C12H21NO4S/c1-4-10(11(14)15)18(16,17)8-6-5-7-12(2,3)9-13/h10H,4-8H2,1-3H3,(H,14,15). The lowest BCUT2D eigenvalue weighted by Crippen LogP contribution is -2.31. The van der Waals surface area contributed by atoms with Gasteiger partial charge >= 0.3 is 5.97 Å². The van der Waals surface area contributed by atoms with Gasteiger partial charge in [-0.25, -0.2) is 8.42 Å². The highest BCUT2D eigenvalue weighted by molar-refractivity contribution is 7.92. The molecule has 0 aromatic carbocycles. The third-order valence-electron chi connectivity index (χ3n) is 2.86. The van der Waals surface area contributed by atoms with E-state index < -0.39 is 26.5 Å². The summed E-state index contributed by atoms with van der Waals surface area (Å²) < 4.78 is 23.5. The predicted octanol–water partition coefficient (Wildman–Crippen LogP) is 1.98. The number of unbranched alkanes of at least 4 members (excludes halogenated alkanes) is 1. The fourth-order valence-corrected chi connectivity index (χ4v) is 3.36. The van der Waals surface area contributed by atoms with E-state index in [0.717, 1.165) is 0 Å². The molecule has 0 spiro atoms. The lowest BCUT2D eigenvalue weighted by Gasteiger charge is -2.15. The minimum absolute atomic E-state index is 0.0847. The second-order valence-corrected chi connectivity index (χ2v) is 7.36. The van der Waals surface area contributed by atoms with Gasteiger partial charge < -0.3 is 5.11 Å². The molecule has 0 bridgehead atoms. The van der Waals surface area contributed by atoms with Crippen LogP contribution in [0.15, 0.2) is 0 Å². The number of aliphatic carboxylic acids is 1. The molecule has 104 valence electrons. The highest BCUT2D eigenvalue weighted by Gasteiger charge is 2.30. The van der Waals surface area contributed by atoms with E-state index in [-0.39, 0.29) is 12.2 Å². The summed E-state index contributed by atoms with van der Waals surface area (Å²) in [5, 5.41) is 16.3. The van der Waals surface area contributed by atoms with E-state index in [1.54, 1.807) is 20.8 Å². The molecule has 0 aromatic heterocycles. The van der Waals surface area contributed by atoms with Crippen molar-refractivity contribution in [1.82, 2.24) is 0 Å². The summed E-state index contributed by atoms with van der Waals surface area (Å²) in [5.41, 5.74) is -0.458. The van der Waals surface area contributed by atoms with Gasteiger partial charge in [-0.05, 0) is 33.1 Å². The summed E-state index contributed by atoms with van der Waals surface area (Å²) in [6.07, 6.45) is 1.71. The van der Waals surface area contributed by atoms with Crippen LogP contribution < -0.4 is 0 Å². The van der Waals surface area contributed by atoms with E-state index in [1.807, 2.05) is 0 Å². The Balaban J connectivity index is 4.30. The monoisotopic (exact) mass is 275 g/mol.